The first-order chi connectivity index (χ1) is 18.1. The number of aromatic nitrogens is 6. The van der Waals surface area contributed by atoms with Crippen molar-refractivity contribution >= 4 is 11.5 Å². The maximum absolute atomic E-state index is 14.4. The molecular formula is C24H22F4N8O2. The summed E-state index contributed by atoms with van der Waals surface area (Å²) < 4.78 is 56.6. The van der Waals surface area contributed by atoms with Crippen molar-refractivity contribution < 1.29 is 22.3 Å². The van der Waals surface area contributed by atoms with E-state index in [-0.39, 0.29) is 17.4 Å². The number of tetrazole rings is 1. The standard InChI is InChI=1S/C24H22F4N8O2/c1-13-7-16(8-14(2)18(13)12-35-10-15(11-35)21-31-33-34-32-21)36-6-5-29-22(23(36)37)30-20-4-3-17(9-19(20)25)38-24(26,27)28/h3-9,15H,10-12H2,1-2H3,(H,29,30)(H,31,32,33,34). The molecule has 2 aromatic heterocycles. The molecule has 1 aliphatic rings. The topological polar surface area (TPSA) is 114 Å². The molecule has 0 amide bonds. The normalized spacial score (nSPS) is 14.4. The van der Waals surface area contributed by atoms with E-state index in [2.05, 4.69) is 40.6 Å². The monoisotopic (exact) mass is 530 g/mol. The minimum Gasteiger partial charge on any atom is -0.406 e. The SMILES string of the molecule is Cc1cc(-n2ccnc(Nc3ccc(OC(F)(F)F)cc3F)c2=O)cc(C)c1CN1CC(c2nn[nH]n2)C1. The van der Waals surface area contributed by atoms with Crippen molar-refractivity contribution in [2.24, 2.45) is 0 Å². The Labute approximate surface area is 213 Å². The fourth-order valence-electron chi connectivity index (χ4n) is 4.41. The lowest BCUT2D eigenvalue weighted by Crippen LogP contribution is -2.44. The van der Waals surface area contributed by atoms with Gasteiger partial charge in [-0.15, -0.1) is 23.4 Å². The van der Waals surface area contributed by atoms with Gasteiger partial charge in [0, 0.05) is 49.7 Å². The zero-order valence-electron chi connectivity index (χ0n) is 20.3. The average Bonchev–Trinajstić information content (AvgIpc) is 3.33. The van der Waals surface area contributed by atoms with Gasteiger partial charge in [0.25, 0.3) is 5.56 Å². The van der Waals surface area contributed by atoms with E-state index in [9.17, 15) is 22.4 Å². The first kappa shape index (κ1) is 25.3. The van der Waals surface area contributed by atoms with Gasteiger partial charge in [0.1, 0.15) is 11.6 Å². The fraction of sp³-hybridized carbons (Fsp3) is 0.292. The van der Waals surface area contributed by atoms with E-state index in [1.165, 1.54) is 17.0 Å². The molecule has 1 saturated heterocycles. The van der Waals surface area contributed by atoms with Crippen LogP contribution in [0.5, 0.6) is 5.75 Å². The summed E-state index contributed by atoms with van der Waals surface area (Å²) >= 11 is 0. The molecule has 14 heteroatoms. The molecule has 0 bridgehead atoms. The van der Waals surface area contributed by atoms with Gasteiger partial charge in [-0.3, -0.25) is 14.3 Å². The van der Waals surface area contributed by atoms with Crippen molar-refractivity contribution in [3.63, 3.8) is 0 Å². The molecule has 4 aromatic rings. The molecule has 0 saturated carbocycles. The maximum Gasteiger partial charge on any atom is 0.573 e. The van der Waals surface area contributed by atoms with Gasteiger partial charge in [0.05, 0.1) is 5.69 Å². The Morgan fingerprint density at radius 2 is 1.89 bits per heavy atom. The molecule has 1 fully saturated rings. The van der Waals surface area contributed by atoms with Crippen molar-refractivity contribution in [2.45, 2.75) is 32.7 Å². The van der Waals surface area contributed by atoms with E-state index in [0.717, 1.165) is 48.5 Å². The molecule has 198 valence electrons. The van der Waals surface area contributed by atoms with E-state index in [1.54, 1.807) is 0 Å². The second kappa shape index (κ2) is 9.85. The predicted molar refractivity (Wildman–Crippen MR) is 128 cm³/mol. The van der Waals surface area contributed by atoms with Gasteiger partial charge < -0.3 is 10.1 Å². The first-order valence-corrected chi connectivity index (χ1v) is 11.5. The largest absolute Gasteiger partial charge is 0.573 e. The zero-order valence-corrected chi connectivity index (χ0v) is 20.3. The van der Waals surface area contributed by atoms with Crippen molar-refractivity contribution in [1.29, 1.82) is 0 Å². The van der Waals surface area contributed by atoms with Crippen LogP contribution in [0.3, 0.4) is 0 Å². The third-order valence-corrected chi connectivity index (χ3v) is 6.29. The van der Waals surface area contributed by atoms with Crippen molar-refractivity contribution in [3.8, 4) is 11.4 Å². The van der Waals surface area contributed by atoms with Gasteiger partial charge in [-0.1, -0.05) is 5.21 Å². The first-order valence-electron chi connectivity index (χ1n) is 11.5. The number of ether oxygens (including phenoxy) is 1. The van der Waals surface area contributed by atoms with Crippen LogP contribution in [0.25, 0.3) is 5.69 Å². The van der Waals surface area contributed by atoms with Crippen LogP contribution in [0.1, 0.15) is 28.4 Å². The molecule has 10 nitrogen and oxygen atoms in total. The van der Waals surface area contributed by atoms with E-state index < -0.39 is 23.5 Å². The lowest BCUT2D eigenvalue weighted by atomic mass is 9.95. The Morgan fingerprint density at radius 1 is 1.16 bits per heavy atom. The number of aromatic amines is 1. The molecule has 3 heterocycles. The summed E-state index contributed by atoms with van der Waals surface area (Å²) in [5.41, 5.74) is 2.95. The van der Waals surface area contributed by atoms with Gasteiger partial charge in [-0.2, -0.15) is 5.21 Å². The number of H-pyrrole nitrogens is 1. The smallest absolute Gasteiger partial charge is 0.406 e. The lowest BCUT2D eigenvalue weighted by molar-refractivity contribution is -0.274. The Morgan fingerprint density at radius 3 is 2.53 bits per heavy atom. The number of likely N-dealkylation sites (tertiary alicyclic amines) is 1. The fourth-order valence-corrected chi connectivity index (χ4v) is 4.41. The Bertz CT molecular complexity index is 1490. The highest BCUT2D eigenvalue weighted by Crippen LogP contribution is 2.29. The number of hydrogen-bond acceptors (Lipinski definition) is 8. The van der Waals surface area contributed by atoms with Crippen LogP contribution in [-0.2, 0) is 6.54 Å². The summed E-state index contributed by atoms with van der Waals surface area (Å²) in [6, 6.07) is 6.32. The van der Waals surface area contributed by atoms with Gasteiger partial charge in [0.15, 0.2) is 11.6 Å². The van der Waals surface area contributed by atoms with Gasteiger partial charge in [-0.25, -0.2) is 9.37 Å². The van der Waals surface area contributed by atoms with Crippen LogP contribution in [0, 0.1) is 19.7 Å². The van der Waals surface area contributed by atoms with Gasteiger partial charge >= 0.3 is 6.36 Å². The molecule has 2 N–H and O–H groups in total. The minimum absolute atomic E-state index is 0.191. The molecule has 0 aliphatic carbocycles. The van der Waals surface area contributed by atoms with Crippen LogP contribution in [0.4, 0.5) is 29.1 Å². The zero-order chi connectivity index (χ0) is 27.0. The van der Waals surface area contributed by atoms with Crippen molar-refractivity contribution in [3.05, 3.63) is 81.4 Å². The van der Waals surface area contributed by atoms with Crippen LogP contribution in [0.2, 0.25) is 0 Å². The molecule has 0 spiro atoms. The highest BCUT2D eigenvalue weighted by atomic mass is 19.4. The number of anilines is 2. The van der Waals surface area contributed by atoms with Gasteiger partial charge in [0.2, 0.25) is 0 Å². The Kier molecular flexibility index (Phi) is 6.57. The summed E-state index contributed by atoms with van der Waals surface area (Å²) in [6.07, 6.45) is -2.09. The summed E-state index contributed by atoms with van der Waals surface area (Å²) in [5.74, 6) is -0.992. The predicted octanol–water partition coefficient (Wildman–Crippen LogP) is 3.74. The number of nitrogens with zero attached hydrogens (tertiary/aromatic N) is 6. The third-order valence-electron chi connectivity index (χ3n) is 6.29. The molecule has 2 aromatic carbocycles. The van der Waals surface area contributed by atoms with Crippen molar-refractivity contribution in [2.75, 3.05) is 18.4 Å². The number of alkyl halides is 3. The second-order valence-electron chi connectivity index (χ2n) is 8.98. The van der Waals surface area contributed by atoms with E-state index in [0.29, 0.717) is 17.6 Å². The molecule has 1 aliphatic heterocycles. The number of hydrogen-bond donors (Lipinski definition) is 2. The molecule has 0 unspecified atom stereocenters. The number of rotatable bonds is 7. The highest BCUT2D eigenvalue weighted by Gasteiger charge is 2.32. The van der Waals surface area contributed by atoms with E-state index in [4.69, 9.17) is 0 Å². The van der Waals surface area contributed by atoms with Crippen molar-refractivity contribution in [1.82, 2.24) is 35.1 Å². The molecule has 5 rings (SSSR count). The molecule has 0 atom stereocenters. The summed E-state index contributed by atoms with van der Waals surface area (Å²) in [4.78, 5) is 19.4. The van der Waals surface area contributed by atoms with Crippen LogP contribution < -0.4 is 15.6 Å². The molecule has 38 heavy (non-hydrogen) atoms. The number of aryl methyl sites for hydroxylation is 2. The maximum atomic E-state index is 14.4. The van der Waals surface area contributed by atoms with Crippen LogP contribution in [0.15, 0.2) is 47.5 Å². The lowest BCUT2D eigenvalue weighted by Gasteiger charge is -2.38. The van der Waals surface area contributed by atoms with Gasteiger partial charge in [-0.05, 0) is 54.8 Å². The quantitative estimate of drug-likeness (QED) is 0.348. The summed E-state index contributed by atoms with van der Waals surface area (Å²) in [7, 11) is 0. The number of benzene rings is 2. The highest BCUT2D eigenvalue weighted by molar-refractivity contribution is 5.58. The van der Waals surface area contributed by atoms with Crippen LogP contribution in [-0.4, -0.2) is 54.5 Å². The summed E-state index contributed by atoms with van der Waals surface area (Å²) in [6.45, 7) is 6.30. The average molecular weight is 530 g/mol. The summed E-state index contributed by atoms with van der Waals surface area (Å²) in [5, 5.41) is 16.7. The Hall–Kier alpha value is -4.33. The van der Waals surface area contributed by atoms with Crippen LogP contribution >= 0.6 is 0 Å². The molecule has 0 radical (unpaired) electrons. The molecular weight excluding hydrogens is 508 g/mol. The number of halogens is 4. The number of nitrogens with one attached hydrogen (secondary N) is 2. The second-order valence-corrected chi connectivity index (χ2v) is 8.98. The van der Waals surface area contributed by atoms with E-state index >= 15 is 0 Å². The Balaban J connectivity index is 1.33. The third kappa shape index (κ3) is 5.34. The van der Waals surface area contributed by atoms with E-state index in [1.807, 2.05) is 26.0 Å². The minimum atomic E-state index is -4.95.